The van der Waals surface area contributed by atoms with Crippen molar-refractivity contribution in [2.45, 2.75) is 26.7 Å². The summed E-state index contributed by atoms with van der Waals surface area (Å²) in [5, 5.41) is 5.77. The molecule has 0 N–H and O–H groups in total. The number of aromatic nitrogens is 2. The smallest absolute Gasteiger partial charge is 0.137 e. The third kappa shape index (κ3) is 3.97. The van der Waals surface area contributed by atoms with Gasteiger partial charge in [-0.25, -0.2) is 10.0 Å². The van der Waals surface area contributed by atoms with Gasteiger partial charge in [0.05, 0.1) is 34.1 Å². The maximum Gasteiger partial charge on any atom is 0.137 e. The van der Waals surface area contributed by atoms with Crippen molar-refractivity contribution in [2.24, 2.45) is 0 Å². The molecule has 39 heavy (non-hydrogen) atoms. The van der Waals surface area contributed by atoms with E-state index in [-0.39, 0.29) is 11.6 Å². The zero-order valence-electron chi connectivity index (χ0n) is 24.6. The summed E-state index contributed by atoms with van der Waals surface area (Å²) in [4.78, 5) is 10.8. The number of ether oxygens (including phenoxy) is 1. The Hall–Kier alpha value is -4.81. The van der Waals surface area contributed by atoms with E-state index >= 15 is 0 Å². The van der Waals surface area contributed by atoms with E-state index in [0.717, 1.165) is 38.9 Å². The zero-order chi connectivity index (χ0) is 29.0. The number of hydrogen-bond acceptors (Lipinski definition) is 5. The molecule has 0 saturated carbocycles. The van der Waals surface area contributed by atoms with Crippen LogP contribution in [0.3, 0.4) is 0 Å². The number of hydroxylamine groups is 1. The molecule has 0 spiro atoms. The summed E-state index contributed by atoms with van der Waals surface area (Å²) in [5.41, 5.74) is 4.84. The Morgan fingerprint density at radius 2 is 1.56 bits per heavy atom. The predicted octanol–water partition coefficient (Wildman–Crippen LogP) is 8.49. The number of pyridine rings is 1. The highest BCUT2D eigenvalue weighted by Gasteiger charge is 2.30. The molecule has 0 atom stereocenters. The van der Waals surface area contributed by atoms with Crippen LogP contribution < -0.4 is 14.9 Å². The Bertz CT molecular complexity index is 1950. The molecular weight excluding hydrogens is 484 g/mol. The van der Waals surface area contributed by atoms with E-state index in [9.17, 15) is 0 Å². The van der Waals surface area contributed by atoms with Gasteiger partial charge < -0.3 is 4.74 Å². The van der Waals surface area contributed by atoms with E-state index in [2.05, 4.69) is 24.9 Å². The average molecular weight is 516 g/mol. The molecule has 0 aliphatic carbocycles. The largest absolute Gasteiger partial charge is 0.457 e. The molecule has 6 aromatic rings. The third-order valence-corrected chi connectivity index (χ3v) is 6.88. The van der Waals surface area contributed by atoms with Gasteiger partial charge in [-0.1, -0.05) is 36.4 Å². The molecule has 4 aromatic carbocycles. The first-order valence-electron chi connectivity index (χ1n) is 14.4. The molecule has 2 aromatic heterocycles. The van der Waals surface area contributed by atoms with E-state index in [1.165, 1.54) is 6.07 Å². The van der Waals surface area contributed by atoms with Gasteiger partial charge in [0.2, 0.25) is 0 Å². The Morgan fingerprint density at radius 1 is 0.769 bits per heavy atom. The molecule has 7 rings (SSSR count). The van der Waals surface area contributed by atoms with Crippen LogP contribution in [-0.2, 0) is 4.94 Å². The number of fused-ring (bicyclic) bond motifs is 4. The van der Waals surface area contributed by atoms with Crippen LogP contribution >= 0.6 is 0 Å². The summed E-state index contributed by atoms with van der Waals surface area (Å²) < 4.78 is 32.1. The maximum atomic E-state index is 7.89. The van der Waals surface area contributed by atoms with Gasteiger partial charge in [0.1, 0.15) is 17.3 Å². The number of rotatable bonds is 5. The summed E-state index contributed by atoms with van der Waals surface area (Å²) in [6.45, 7) is 1.94. The lowest BCUT2D eigenvalue weighted by atomic mass is 10.1. The van der Waals surface area contributed by atoms with Gasteiger partial charge >= 0.3 is 0 Å². The van der Waals surface area contributed by atoms with E-state index < -0.39 is 6.85 Å². The molecule has 3 heterocycles. The van der Waals surface area contributed by atoms with Crippen LogP contribution in [0, 0.1) is 6.85 Å². The summed E-state index contributed by atoms with van der Waals surface area (Å²) in [7, 11) is 0. The van der Waals surface area contributed by atoms with Crippen molar-refractivity contribution in [2.75, 3.05) is 10.1 Å². The van der Waals surface area contributed by atoms with E-state index in [1.54, 1.807) is 12.3 Å². The van der Waals surface area contributed by atoms with Crippen LogP contribution in [-0.4, -0.2) is 15.6 Å². The van der Waals surface area contributed by atoms with Gasteiger partial charge in [-0.2, -0.15) is 5.06 Å². The fourth-order valence-electron chi connectivity index (χ4n) is 5.17. The van der Waals surface area contributed by atoms with E-state index in [1.807, 2.05) is 99.6 Å². The number of para-hydroxylation sites is 3. The highest BCUT2D eigenvalue weighted by atomic mass is 16.8. The van der Waals surface area contributed by atoms with Crippen molar-refractivity contribution in [3.63, 3.8) is 0 Å². The topological polar surface area (TPSA) is 42.8 Å². The van der Waals surface area contributed by atoms with Crippen LogP contribution in [0.4, 0.5) is 17.1 Å². The lowest BCUT2D eigenvalue weighted by Crippen LogP contribution is -2.30. The van der Waals surface area contributed by atoms with Crippen molar-refractivity contribution in [1.29, 1.82) is 0 Å². The number of benzene rings is 4. The van der Waals surface area contributed by atoms with Crippen molar-refractivity contribution in [1.82, 2.24) is 9.55 Å². The van der Waals surface area contributed by atoms with E-state index in [0.29, 0.717) is 17.3 Å². The average Bonchev–Trinajstić information content (AvgIpc) is 3.53. The van der Waals surface area contributed by atoms with Crippen LogP contribution in [0.1, 0.15) is 23.5 Å². The monoisotopic (exact) mass is 515 g/mol. The highest BCUT2D eigenvalue weighted by Crippen LogP contribution is 2.43. The highest BCUT2D eigenvalue weighted by molar-refractivity contribution is 6.09. The minimum absolute atomic E-state index is 0.156. The lowest BCUT2D eigenvalue weighted by molar-refractivity contribution is 0.112. The molecule has 6 nitrogen and oxygen atoms in total. The van der Waals surface area contributed by atoms with Crippen molar-refractivity contribution in [3.05, 3.63) is 115 Å². The summed E-state index contributed by atoms with van der Waals surface area (Å²) in [6.07, 6.45) is 1.54. The molecule has 6 heteroatoms. The van der Waals surface area contributed by atoms with Crippen LogP contribution in [0.25, 0.3) is 27.6 Å². The quantitative estimate of drug-likeness (QED) is 0.230. The second kappa shape index (κ2) is 9.19. The minimum atomic E-state index is -2.23. The summed E-state index contributed by atoms with van der Waals surface area (Å²) >= 11 is 0. The molecular formula is C33H28N4O2. The first-order chi connectivity index (χ1) is 20.3. The molecule has 0 fully saturated rings. The molecule has 192 valence electrons. The van der Waals surface area contributed by atoms with Crippen molar-refractivity contribution in [3.8, 4) is 17.3 Å². The summed E-state index contributed by atoms with van der Waals surface area (Å²) in [5.74, 6) is 1.83. The fourth-order valence-corrected chi connectivity index (χ4v) is 5.17. The van der Waals surface area contributed by atoms with Gasteiger partial charge in [-0.15, -0.1) is 4.94 Å². The summed E-state index contributed by atoms with van der Waals surface area (Å²) in [6, 6.07) is 33.2. The number of hydrogen-bond donors (Lipinski definition) is 0. The number of nitrogens with zero attached hydrogens (tertiary/aromatic N) is 4. The Kier molecular flexibility index (Phi) is 4.76. The first-order valence-corrected chi connectivity index (χ1v) is 12.9. The van der Waals surface area contributed by atoms with Crippen LogP contribution in [0.15, 0.2) is 109 Å². The van der Waals surface area contributed by atoms with Gasteiger partial charge in [-0.3, -0.25) is 4.57 Å². The zero-order valence-corrected chi connectivity index (χ0v) is 21.6. The van der Waals surface area contributed by atoms with Gasteiger partial charge in [0.25, 0.3) is 0 Å². The Labute approximate surface area is 231 Å². The van der Waals surface area contributed by atoms with E-state index in [4.69, 9.17) is 13.8 Å². The number of aryl methyl sites for hydroxylation is 1. The van der Waals surface area contributed by atoms with Gasteiger partial charge in [-0.05, 0) is 80.9 Å². The lowest BCUT2D eigenvalue weighted by Gasteiger charge is -2.23. The SMILES string of the molecule is [2H]C([2H])([2H])c1ccnc(-n2c3ccccc3c3ccc(Oc4cccc(N5ON(C(C)C)c6ccccc65)c4)cc32)c1. The number of anilines is 3. The molecule has 0 amide bonds. The molecule has 0 radical (unpaired) electrons. The van der Waals surface area contributed by atoms with Gasteiger partial charge in [0, 0.05) is 33.2 Å². The normalized spacial score (nSPS) is 14.5. The second-order valence-electron chi connectivity index (χ2n) is 9.82. The molecule has 1 aliphatic rings. The Balaban J connectivity index is 1.28. The molecule has 0 bridgehead atoms. The fraction of sp³-hybridized carbons (Fsp3) is 0.121. The molecule has 0 unspecified atom stereocenters. The van der Waals surface area contributed by atoms with Crippen molar-refractivity contribution >= 4 is 38.9 Å². The first kappa shape index (κ1) is 20.2. The minimum Gasteiger partial charge on any atom is -0.457 e. The van der Waals surface area contributed by atoms with Crippen molar-refractivity contribution < 1.29 is 13.8 Å². The molecule has 0 saturated heterocycles. The Morgan fingerprint density at radius 3 is 2.44 bits per heavy atom. The molecule has 1 aliphatic heterocycles. The van der Waals surface area contributed by atoms with Crippen LogP contribution in [0.2, 0.25) is 0 Å². The third-order valence-electron chi connectivity index (χ3n) is 6.88. The standard InChI is InChI=1S/C33H28N4O2/c1-22(2)36-30-13-6-7-14-31(30)37(39-36)24-9-8-10-25(20-24)38-26-15-16-28-27-11-4-5-12-29(27)35(32(28)21-26)33-19-23(3)17-18-34-33/h4-22H,1-3H3/i3D3. The maximum absolute atomic E-state index is 7.89. The van der Waals surface area contributed by atoms with Crippen LogP contribution in [0.5, 0.6) is 11.5 Å². The second-order valence-corrected chi connectivity index (χ2v) is 9.82. The predicted molar refractivity (Wildman–Crippen MR) is 157 cm³/mol. The van der Waals surface area contributed by atoms with Gasteiger partial charge in [0.15, 0.2) is 0 Å².